The zero-order valence-electron chi connectivity index (χ0n) is 10.9. The lowest BCUT2D eigenvalue weighted by Crippen LogP contribution is -2.52. The van der Waals surface area contributed by atoms with E-state index >= 15 is 0 Å². The van der Waals surface area contributed by atoms with Crippen molar-refractivity contribution in [1.82, 2.24) is 10.6 Å². The molecule has 1 fully saturated rings. The summed E-state index contributed by atoms with van der Waals surface area (Å²) in [6.07, 6.45) is 0.278. The van der Waals surface area contributed by atoms with Crippen LogP contribution >= 0.6 is 0 Å². The molecule has 1 aliphatic heterocycles. The van der Waals surface area contributed by atoms with E-state index in [1.54, 1.807) is 0 Å². The Bertz CT molecular complexity index is 641. The molecule has 5 N–H and O–H groups in total. The molecular formula is C13H13N3O5. The minimum absolute atomic E-state index is 0.0431. The number of carbonyl (C=O) groups is 4. The van der Waals surface area contributed by atoms with Crippen LogP contribution in [0.1, 0.15) is 33.6 Å². The number of hydrogen-bond acceptors (Lipinski definition) is 5. The number of carbonyl (C=O) groups excluding carboxylic acids is 3. The van der Waals surface area contributed by atoms with E-state index in [2.05, 4.69) is 10.6 Å². The number of piperidine rings is 1. The van der Waals surface area contributed by atoms with Gasteiger partial charge in [-0.1, -0.05) is 6.07 Å². The molecule has 1 aromatic carbocycles. The van der Waals surface area contributed by atoms with Crippen molar-refractivity contribution < 1.29 is 24.3 Å². The summed E-state index contributed by atoms with van der Waals surface area (Å²) in [6.45, 7) is 0. The Labute approximate surface area is 119 Å². The van der Waals surface area contributed by atoms with Crippen LogP contribution in [-0.4, -0.2) is 34.8 Å². The molecule has 8 heteroatoms. The molecule has 3 amide bonds. The minimum atomic E-state index is -1.33. The number of carboxylic acids is 1. The maximum Gasteiger partial charge on any atom is 0.338 e. The number of hydrogen-bond donors (Lipinski definition) is 4. The average Bonchev–Trinajstić information content (AvgIpc) is 2.41. The SMILES string of the molecule is Nc1cccc(C(=O)NC2CCC(=O)NC2=O)c1C(=O)O. The molecule has 0 saturated carbocycles. The van der Waals surface area contributed by atoms with Gasteiger partial charge in [0.05, 0.1) is 11.1 Å². The van der Waals surface area contributed by atoms with Crippen molar-refractivity contribution in [2.75, 3.05) is 5.73 Å². The molecule has 1 heterocycles. The Morgan fingerprint density at radius 2 is 2.05 bits per heavy atom. The normalized spacial score (nSPS) is 18.0. The van der Waals surface area contributed by atoms with Gasteiger partial charge in [-0.3, -0.25) is 19.7 Å². The van der Waals surface area contributed by atoms with E-state index in [4.69, 9.17) is 10.8 Å². The van der Waals surface area contributed by atoms with Gasteiger partial charge in [-0.25, -0.2) is 4.79 Å². The summed E-state index contributed by atoms with van der Waals surface area (Å²) in [5, 5.41) is 13.6. The Morgan fingerprint density at radius 3 is 2.67 bits per heavy atom. The molecule has 1 aromatic rings. The second kappa shape index (κ2) is 5.61. The second-order valence-electron chi connectivity index (χ2n) is 4.55. The molecule has 0 radical (unpaired) electrons. The van der Waals surface area contributed by atoms with Gasteiger partial charge >= 0.3 is 5.97 Å². The third-order valence-electron chi connectivity index (χ3n) is 3.10. The first-order valence-electron chi connectivity index (χ1n) is 6.16. The first-order valence-corrected chi connectivity index (χ1v) is 6.16. The first kappa shape index (κ1) is 14.5. The summed E-state index contributed by atoms with van der Waals surface area (Å²) in [5.41, 5.74) is 5.06. The fourth-order valence-electron chi connectivity index (χ4n) is 2.07. The molecule has 1 aliphatic rings. The highest BCUT2D eigenvalue weighted by molar-refractivity contribution is 6.09. The van der Waals surface area contributed by atoms with Crippen molar-refractivity contribution in [1.29, 1.82) is 0 Å². The predicted molar refractivity (Wildman–Crippen MR) is 71.5 cm³/mol. The summed E-state index contributed by atoms with van der Waals surface area (Å²) in [6, 6.07) is 3.24. The molecule has 1 unspecified atom stereocenters. The van der Waals surface area contributed by atoms with Crippen LogP contribution in [-0.2, 0) is 9.59 Å². The number of amides is 3. The number of nitrogens with one attached hydrogen (secondary N) is 2. The lowest BCUT2D eigenvalue weighted by Gasteiger charge is -2.22. The van der Waals surface area contributed by atoms with E-state index in [-0.39, 0.29) is 29.7 Å². The van der Waals surface area contributed by atoms with Gasteiger partial charge in [0.1, 0.15) is 6.04 Å². The fourth-order valence-corrected chi connectivity index (χ4v) is 2.07. The Balaban J connectivity index is 2.22. The number of carboxylic acid groups (broad SMARTS) is 1. The van der Waals surface area contributed by atoms with Crippen molar-refractivity contribution in [3.05, 3.63) is 29.3 Å². The van der Waals surface area contributed by atoms with E-state index < -0.39 is 29.7 Å². The molecule has 21 heavy (non-hydrogen) atoms. The maximum atomic E-state index is 12.1. The van der Waals surface area contributed by atoms with Crippen molar-refractivity contribution in [3.8, 4) is 0 Å². The molecule has 0 bridgehead atoms. The number of nitrogen functional groups attached to an aromatic ring is 1. The quantitative estimate of drug-likeness (QED) is 0.437. The topological polar surface area (TPSA) is 139 Å². The van der Waals surface area contributed by atoms with Crippen LogP contribution in [0.3, 0.4) is 0 Å². The van der Waals surface area contributed by atoms with E-state index in [9.17, 15) is 19.2 Å². The monoisotopic (exact) mass is 291 g/mol. The van der Waals surface area contributed by atoms with Crippen molar-refractivity contribution in [2.45, 2.75) is 18.9 Å². The Kier molecular flexibility index (Phi) is 3.88. The molecule has 1 saturated heterocycles. The smallest absolute Gasteiger partial charge is 0.338 e. The zero-order valence-corrected chi connectivity index (χ0v) is 10.9. The summed E-state index contributed by atoms with van der Waals surface area (Å²) < 4.78 is 0. The zero-order chi connectivity index (χ0) is 15.6. The lowest BCUT2D eigenvalue weighted by atomic mass is 10.0. The molecular weight excluding hydrogens is 278 g/mol. The summed E-state index contributed by atoms with van der Waals surface area (Å²) in [7, 11) is 0. The van der Waals surface area contributed by atoms with Crippen LogP contribution in [0, 0.1) is 0 Å². The highest BCUT2D eigenvalue weighted by Gasteiger charge is 2.29. The number of rotatable bonds is 3. The number of nitrogens with two attached hydrogens (primary N) is 1. The van der Waals surface area contributed by atoms with Crippen LogP contribution in [0.15, 0.2) is 18.2 Å². The van der Waals surface area contributed by atoms with Crippen molar-refractivity contribution >= 4 is 29.4 Å². The summed E-state index contributed by atoms with van der Waals surface area (Å²) in [4.78, 5) is 45.9. The molecule has 2 rings (SSSR count). The van der Waals surface area contributed by atoms with Crippen LogP contribution in [0.5, 0.6) is 0 Å². The summed E-state index contributed by atoms with van der Waals surface area (Å²) in [5.74, 6) is -3.07. The third-order valence-corrected chi connectivity index (χ3v) is 3.10. The van der Waals surface area contributed by atoms with E-state index in [0.29, 0.717) is 0 Å². The molecule has 0 spiro atoms. The van der Waals surface area contributed by atoms with Gasteiger partial charge in [0.2, 0.25) is 11.8 Å². The summed E-state index contributed by atoms with van der Waals surface area (Å²) >= 11 is 0. The predicted octanol–water partition coefficient (Wildman–Crippen LogP) is -0.498. The van der Waals surface area contributed by atoms with Gasteiger partial charge in [-0.05, 0) is 18.6 Å². The van der Waals surface area contributed by atoms with E-state index in [1.165, 1.54) is 18.2 Å². The second-order valence-corrected chi connectivity index (χ2v) is 4.55. The third kappa shape index (κ3) is 2.99. The number of aromatic carboxylic acids is 1. The van der Waals surface area contributed by atoms with Gasteiger partial charge in [-0.2, -0.15) is 0 Å². The van der Waals surface area contributed by atoms with E-state index in [1.807, 2.05) is 0 Å². The average molecular weight is 291 g/mol. The van der Waals surface area contributed by atoms with Crippen molar-refractivity contribution in [2.24, 2.45) is 0 Å². The molecule has 0 aliphatic carbocycles. The molecule has 8 nitrogen and oxygen atoms in total. The van der Waals surface area contributed by atoms with Gasteiger partial charge in [-0.15, -0.1) is 0 Å². The molecule has 1 atom stereocenters. The van der Waals surface area contributed by atoms with E-state index in [0.717, 1.165) is 0 Å². The molecule has 0 aromatic heterocycles. The highest BCUT2D eigenvalue weighted by atomic mass is 16.4. The van der Waals surface area contributed by atoms with Gasteiger partial charge in [0.15, 0.2) is 0 Å². The Hall–Kier alpha value is -2.90. The number of benzene rings is 1. The van der Waals surface area contributed by atoms with Gasteiger partial charge in [0.25, 0.3) is 5.91 Å². The van der Waals surface area contributed by atoms with Crippen LogP contribution in [0.4, 0.5) is 5.69 Å². The van der Waals surface area contributed by atoms with Gasteiger partial charge in [0, 0.05) is 12.1 Å². The van der Waals surface area contributed by atoms with Gasteiger partial charge < -0.3 is 16.2 Å². The van der Waals surface area contributed by atoms with Crippen LogP contribution in [0.2, 0.25) is 0 Å². The standard InChI is InChI=1S/C13H13N3O5/c14-7-3-1-2-6(10(7)13(20)21)11(18)15-8-4-5-9(17)16-12(8)19/h1-3,8H,4-5,14H2,(H,15,18)(H,20,21)(H,16,17,19). The Morgan fingerprint density at radius 1 is 1.33 bits per heavy atom. The number of imide groups is 1. The maximum absolute atomic E-state index is 12.1. The largest absolute Gasteiger partial charge is 0.478 e. The lowest BCUT2D eigenvalue weighted by molar-refractivity contribution is -0.134. The number of anilines is 1. The minimum Gasteiger partial charge on any atom is -0.478 e. The fraction of sp³-hybridized carbons (Fsp3) is 0.231. The highest BCUT2D eigenvalue weighted by Crippen LogP contribution is 2.17. The van der Waals surface area contributed by atoms with Crippen molar-refractivity contribution in [3.63, 3.8) is 0 Å². The van der Waals surface area contributed by atoms with Crippen LogP contribution in [0.25, 0.3) is 0 Å². The van der Waals surface area contributed by atoms with Crippen LogP contribution < -0.4 is 16.4 Å². The first-order chi connectivity index (χ1) is 9.90. The molecule has 110 valence electrons.